The number of nitrogens with zero attached hydrogens (tertiary/aromatic N) is 1. The van der Waals surface area contributed by atoms with Gasteiger partial charge in [0.1, 0.15) is 0 Å². The maximum absolute atomic E-state index is 12.1. The summed E-state index contributed by atoms with van der Waals surface area (Å²) in [6, 6.07) is 7.70. The van der Waals surface area contributed by atoms with E-state index in [1.807, 2.05) is 32.0 Å². The lowest BCUT2D eigenvalue weighted by Gasteiger charge is -2.14. The highest BCUT2D eigenvalue weighted by Crippen LogP contribution is 2.17. The van der Waals surface area contributed by atoms with Crippen molar-refractivity contribution in [2.75, 3.05) is 10.6 Å². The topological polar surface area (TPSA) is 69.8 Å². The third-order valence-corrected chi connectivity index (χ3v) is 2.37. The minimum absolute atomic E-state index is 0.153. The molecule has 2 rings (SSSR count). The largest absolute Gasteiger partial charge is 0.382 e. The van der Waals surface area contributed by atoms with Gasteiger partial charge >= 0.3 is 0 Å². The van der Waals surface area contributed by atoms with Crippen molar-refractivity contribution in [1.82, 2.24) is 10.2 Å². The number of aromatic amines is 1. The molecule has 0 bridgehead atoms. The van der Waals surface area contributed by atoms with Gasteiger partial charge in [-0.2, -0.15) is 5.10 Å². The Labute approximate surface area is 106 Å². The van der Waals surface area contributed by atoms with Crippen LogP contribution < -0.4 is 10.6 Å². The van der Waals surface area contributed by atoms with E-state index in [0.717, 1.165) is 5.69 Å². The van der Waals surface area contributed by atoms with Gasteiger partial charge in [-0.1, -0.05) is 12.1 Å². The first-order valence-corrected chi connectivity index (χ1v) is 5.82. The number of amides is 1. The first kappa shape index (κ1) is 12.2. The highest BCUT2D eigenvalue weighted by Gasteiger charge is 2.11. The van der Waals surface area contributed by atoms with Crippen LogP contribution in [0.1, 0.15) is 24.2 Å². The fourth-order valence-electron chi connectivity index (χ4n) is 1.64. The van der Waals surface area contributed by atoms with Gasteiger partial charge in [-0.25, -0.2) is 0 Å². The Kier molecular flexibility index (Phi) is 3.62. The van der Waals surface area contributed by atoms with Crippen LogP contribution in [0.3, 0.4) is 0 Å². The molecule has 2 aromatic rings. The number of para-hydroxylation sites is 1. The van der Waals surface area contributed by atoms with E-state index in [-0.39, 0.29) is 11.9 Å². The molecule has 0 spiro atoms. The van der Waals surface area contributed by atoms with Crippen LogP contribution in [0.25, 0.3) is 0 Å². The minimum Gasteiger partial charge on any atom is -0.382 e. The normalized spacial score (nSPS) is 10.4. The summed E-state index contributed by atoms with van der Waals surface area (Å²) in [7, 11) is 0. The van der Waals surface area contributed by atoms with Crippen molar-refractivity contribution < 1.29 is 4.79 Å². The maximum atomic E-state index is 12.1. The summed E-state index contributed by atoms with van der Waals surface area (Å²) in [6.07, 6.45) is 3.20. The SMILES string of the molecule is CC(C)Nc1ccccc1C(=O)Nc1cn[nH]c1. The Morgan fingerprint density at radius 1 is 1.33 bits per heavy atom. The first-order valence-electron chi connectivity index (χ1n) is 5.82. The molecule has 1 aromatic carbocycles. The van der Waals surface area contributed by atoms with E-state index in [9.17, 15) is 4.79 Å². The van der Waals surface area contributed by atoms with E-state index in [1.54, 1.807) is 18.5 Å². The Bertz CT molecular complexity index is 520. The zero-order valence-corrected chi connectivity index (χ0v) is 10.4. The molecule has 0 saturated heterocycles. The lowest BCUT2D eigenvalue weighted by molar-refractivity contribution is 0.102. The van der Waals surface area contributed by atoms with Crippen LogP contribution in [0.2, 0.25) is 0 Å². The van der Waals surface area contributed by atoms with Crippen molar-refractivity contribution in [3.63, 3.8) is 0 Å². The van der Waals surface area contributed by atoms with Crippen molar-refractivity contribution in [3.05, 3.63) is 42.2 Å². The summed E-state index contributed by atoms with van der Waals surface area (Å²) < 4.78 is 0. The van der Waals surface area contributed by atoms with Gasteiger partial charge in [0, 0.05) is 17.9 Å². The summed E-state index contributed by atoms with van der Waals surface area (Å²) in [6.45, 7) is 4.07. The van der Waals surface area contributed by atoms with E-state index >= 15 is 0 Å². The predicted octanol–water partition coefficient (Wildman–Crippen LogP) is 2.48. The van der Waals surface area contributed by atoms with Crippen LogP contribution in [0, 0.1) is 0 Å². The fraction of sp³-hybridized carbons (Fsp3) is 0.231. The molecule has 0 aliphatic heterocycles. The molecule has 1 aromatic heterocycles. The molecular weight excluding hydrogens is 228 g/mol. The molecule has 0 radical (unpaired) electrons. The van der Waals surface area contributed by atoms with E-state index in [0.29, 0.717) is 11.3 Å². The fourth-order valence-corrected chi connectivity index (χ4v) is 1.64. The zero-order chi connectivity index (χ0) is 13.0. The van der Waals surface area contributed by atoms with E-state index in [1.165, 1.54) is 0 Å². The molecule has 0 saturated carbocycles. The highest BCUT2D eigenvalue weighted by atomic mass is 16.1. The van der Waals surface area contributed by atoms with Gasteiger partial charge in [0.05, 0.1) is 17.4 Å². The van der Waals surface area contributed by atoms with Crippen LogP contribution in [-0.2, 0) is 0 Å². The number of rotatable bonds is 4. The number of carbonyl (C=O) groups excluding carboxylic acids is 1. The molecule has 1 amide bonds. The van der Waals surface area contributed by atoms with Crippen LogP contribution in [0.5, 0.6) is 0 Å². The summed E-state index contributed by atoms with van der Waals surface area (Å²) >= 11 is 0. The van der Waals surface area contributed by atoms with Crippen molar-refractivity contribution in [2.45, 2.75) is 19.9 Å². The molecule has 5 heteroatoms. The standard InChI is InChI=1S/C13H16N4O/c1-9(2)16-12-6-4-3-5-11(12)13(18)17-10-7-14-15-8-10/h3-9,16H,1-2H3,(H,14,15)(H,17,18). The number of aromatic nitrogens is 2. The average molecular weight is 244 g/mol. The summed E-state index contributed by atoms with van der Waals surface area (Å²) in [5.41, 5.74) is 2.10. The molecule has 0 atom stereocenters. The predicted molar refractivity (Wildman–Crippen MR) is 71.7 cm³/mol. The Morgan fingerprint density at radius 3 is 2.78 bits per heavy atom. The van der Waals surface area contributed by atoms with Gasteiger partial charge in [-0.05, 0) is 26.0 Å². The molecule has 0 aliphatic rings. The third kappa shape index (κ3) is 2.88. The van der Waals surface area contributed by atoms with Crippen LogP contribution >= 0.6 is 0 Å². The molecule has 0 aliphatic carbocycles. The molecule has 18 heavy (non-hydrogen) atoms. The number of carbonyl (C=O) groups is 1. The van der Waals surface area contributed by atoms with Crippen molar-refractivity contribution in [1.29, 1.82) is 0 Å². The second-order valence-electron chi connectivity index (χ2n) is 4.29. The molecule has 3 N–H and O–H groups in total. The monoisotopic (exact) mass is 244 g/mol. The highest BCUT2D eigenvalue weighted by molar-refractivity contribution is 6.07. The number of benzene rings is 1. The minimum atomic E-state index is -0.153. The average Bonchev–Trinajstić information content (AvgIpc) is 2.81. The van der Waals surface area contributed by atoms with Gasteiger partial charge < -0.3 is 10.6 Å². The Morgan fingerprint density at radius 2 is 2.11 bits per heavy atom. The lowest BCUT2D eigenvalue weighted by Crippen LogP contribution is -2.17. The zero-order valence-electron chi connectivity index (χ0n) is 10.4. The third-order valence-electron chi connectivity index (χ3n) is 2.37. The first-order chi connectivity index (χ1) is 8.66. The van der Waals surface area contributed by atoms with Crippen LogP contribution in [0.4, 0.5) is 11.4 Å². The van der Waals surface area contributed by atoms with Crippen molar-refractivity contribution >= 4 is 17.3 Å². The summed E-state index contributed by atoms with van der Waals surface area (Å²) in [5.74, 6) is -0.153. The molecule has 94 valence electrons. The van der Waals surface area contributed by atoms with E-state index < -0.39 is 0 Å². The van der Waals surface area contributed by atoms with Gasteiger partial charge in [-0.15, -0.1) is 0 Å². The van der Waals surface area contributed by atoms with E-state index in [4.69, 9.17) is 0 Å². The van der Waals surface area contributed by atoms with Crippen molar-refractivity contribution in [2.24, 2.45) is 0 Å². The smallest absolute Gasteiger partial charge is 0.257 e. The Balaban J connectivity index is 2.19. The van der Waals surface area contributed by atoms with Crippen molar-refractivity contribution in [3.8, 4) is 0 Å². The molecule has 0 fully saturated rings. The van der Waals surface area contributed by atoms with Crippen LogP contribution in [-0.4, -0.2) is 22.1 Å². The quantitative estimate of drug-likeness (QED) is 0.773. The number of anilines is 2. The number of hydrogen-bond donors (Lipinski definition) is 3. The second-order valence-corrected chi connectivity index (χ2v) is 4.29. The maximum Gasteiger partial charge on any atom is 0.257 e. The number of H-pyrrole nitrogens is 1. The molecule has 1 heterocycles. The Hall–Kier alpha value is -2.30. The van der Waals surface area contributed by atoms with E-state index in [2.05, 4.69) is 20.8 Å². The van der Waals surface area contributed by atoms with Gasteiger partial charge in [0.25, 0.3) is 5.91 Å². The lowest BCUT2D eigenvalue weighted by atomic mass is 10.1. The summed E-state index contributed by atoms with van der Waals surface area (Å²) in [5, 5.41) is 12.5. The molecule has 0 unspecified atom stereocenters. The van der Waals surface area contributed by atoms with Gasteiger partial charge in [0.15, 0.2) is 0 Å². The van der Waals surface area contributed by atoms with Crippen LogP contribution in [0.15, 0.2) is 36.7 Å². The molecular formula is C13H16N4O. The van der Waals surface area contributed by atoms with Gasteiger partial charge in [-0.3, -0.25) is 9.89 Å². The van der Waals surface area contributed by atoms with Gasteiger partial charge in [0.2, 0.25) is 0 Å². The molecule has 5 nitrogen and oxygen atoms in total. The number of hydrogen-bond acceptors (Lipinski definition) is 3. The number of nitrogens with one attached hydrogen (secondary N) is 3. The second kappa shape index (κ2) is 5.35. The summed E-state index contributed by atoms with van der Waals surface area (Å²) in [4.78, 5) is 12.1.